The first-order valence-corrected chi connectivity index (χ1v) is 5.11. The van der Waals surface area contributed by atoms with Gasteiger partial charge in [0, 0.05) is 25.7 Å². The average molecular weight is 186 g/mol. The molecule has 1 aliphatic carbocycles. The number of likely N-dealkylation sites (N-methyl/N-ethyl adjacent to an activating group) is 1. The maximum Gasteiger partial charge on any atom is 0.0615 e. The second-order valence-corrected chi connectivity index (χ2v) is 4.11. The van der Waals surface area contributed by atoms with Crippen molar-refractivity contribution in [2.75, 3.05) is 27.3 Å². The summed E-state index contributed by atoms with van der Waals surface area (Å²) < 4.78 is 5.14. The lowest BCUT2D eigenvalue weighted by Crippen LogP contribution is -2.46. The molecule has 0 aromatic carbocycles. The van der Waals surface area contributed by atoms with Gasteiger partial charge in [-0.2, -0.15) is 0 Å². The van der Waals surface area contributed by atoms with Crippen LogP contribution in [0.3, 0.4) is 0 Å². The molecule has 13 heavy (non-hydrogen) atoms. The van der Waals surface area contributed by atoms with Crippen molar-refractivity contribution >= 4 is 0 Å². The Morgan fingerprint density at radius 2 is 2.15 bits per heavy atom. The fraction of sp³-hybridized carbons (Fsp3) is 1.00. The van der Waals surface area contributed by atoms with Gasteiger partial charge in [-0.05, 0) is 32.7 Å². The first-order chi connectivity index (χ1) is 6.20. The molecule has 2 atom stereocenters. The van der Waals surface area contributed by atoms with Gasteiger partial charge in [-0.15, -0.1) is 0 Å². The predicted molar refractivity (Wildman–Crippen MR) is 54.7 cm³/mol. The van der Waals surface area contributed by atoms with Crippen LogP contribution in [0.1, 0.15) is 19.8 Å². The number of hydrogen-bond acceptors (Lipinski definition) is 3. The van der Waals surface area contributed by atoms with Crippen molar-refractivity contribution in [1.82, 2.24) is 4.90 Å². The van der Waals surface area contributed by atoms with E-state index in [-0.39, 0.29) is 0 Å². The SMILES string of the molecule is COCC(C)N(C)C(CN)C1CC1. The summed E-state index contributed by atoms with van der Waals surface area (Å²) in [5.41, 5.74) is 5.77. The second-order valence-electron chi connectivity index (χ2n) is 4.11. The van der Waals surface area contributed by atoms with Crippen LogP contribution in [0.25, 0.3) is 0 Å². The molecule has 0 bridgehead atoms. The zero-order valence-electron chi connectivity index (χ0n) is 8.99. The van der Waals surface area contributed by atoms with E-state index >= 15 is 0 Å². The minimum Gasteiger partial charge on any atom is -0.383 e. The summed E-state index contributed by atoms with van der Waals surface area (Å²) in [5, 5.41) is 0. The Morgan fingerprint density at radius 1 is 1.54 bits per heavy atom. The molecule has 0 saturated heterocycles. The van der Waals surface area contributed by atoms with Crippen LogP contribution in [0.5, 0.6) is 0 Å². The van der Waals surface area contributed by atoms with Crippen LogP contribution in [0.2, 0.25) is 0 Å². The normalized spacial score (nSPS) is 21.9. The molecule has 0 aromatic rings. The third kappa shape index (κ3) is 2.93. The second kappa shape index (κ2) is 4.94. The number of nitrogens with two attached hydrogens (primary N) is 1. The summed E-state index contributed by atoms with van der Waals surface area (Å²) >= 11 is 0. The van der Waals surface area contributed by atoms with Crippen LogP contribution in [0.4, 0.5) is 0 Å². The standard InChI is InChI=1S/C10H22N2O/c1-8(7-13-3)12(2)10(6-11)9-4-5-9/h8-10H,4-7,11H2,1-3H3. The lowest BCUT2D eigenvalue weighted by Gasteiger charge is -2.32. The number of nitrogens with zero attached hydrogens (tertiary/aromatic N) is 1. The topological polar surface area (TPSA) is 38.5 Å². The zero-order valence-corrected chi connectivity index (χ0v) is 8.99. The molecule has 3 nitrogen and oxygen atoms in total. The third-order valence-electron chi connectivity index (χ3n) is 3.03. The van der Waals surface area contributed by atoms with E-state index in [0.29, 0.717) is 12.1 Å². The number of ether oxygens (including phenoxy) is 1. The lowest BCUT2D eigenvalue weighted by atomic mass is 10.1. The summed E-state index contributed by atoms with van der Waals surface area (Å²) in [5.74, 6) is 0.842. The van der Waals surface area contributed by atoms with E-state index in [1.165, 1.54) is 12.8 Å². The van der Waals surface area contributed by atoms with E-state index in [4.69, 9.17) is 10.5 Å². The number of methoxy groups -OCH3 is 1. The smallest absolute Gasteiger partial charge is 0.0615 e. The Balaban J connectivity index is 2.37. The molecule has 1 fully saturated rings. The summed E-state index contributed by atoms with van der Waals surface area (Å²) in [6.45, 7) is 3.75. The van der Waals surface area contributed by atoms with E-state index < -0.39 is 0 Å². The molecule has 1 saturated carbocycles. The van der Waals surface area contributed by atoms with Crippen molar-refractivity contribution in [3.63, 3.8) is 0 Å². The lowest BCUT2D eigenvalue weighted by molar-refractivity contribution is 0.0844. The first-order valence-electron chi connectivity index (χ1n) is 5.11. The molecule has 0 radical (unpaired) electrons. The number of rotatable bonds is 6. The highest BCUT2D eigenvalue weighted by Crippen LogP contribution is 2.35. The highest BCUT2D eigenvalue weighted by atomic mass is 16.5. The van der Waals surface area contributed by atoms with Gasteiger partial charge in [0.1, 0.15) is 0 Å². The predicted octanol–water partition coefficient (Wildman–Crippen LogP) is 0.690. The Labute approximate surface area is 81.2 Å². The molecule has 0 heterocycles. The van der Waals surface area contributed by atoms with E-state index in [2.05, 4.69) is 18.9 Å². The van der Waals surface area contributed by atoms with Crippen molar-refractivity contribution in [1.29, 1.82) is 0 Å². The maximum atomic E-state index is 5.77. The molecule has 3 heteroatoms. The molecule has 1 rings (SSSR count). The maximum absolute atomic E-state index is 5.77. The van der Waals surface area contributed by atoms with Crippen molar-refractivity contribution < 1.29 is 4.74 Å². The minimum absolute atomic E-state index is 0.471. The fourth-order valence-electron chi connectivity index (χ4n) is 1.86. The Hall–Kier alpha value is -0.120. The van der Waals surface area contributed by atoms with Gasteiger partial charge in [-0.25, -0.2) is 0 Å². The molecule has 0 spiro atoms. The van der Waals surface area contributed by atoms with Gasteiger partial charge < -0.3 is 10.5 Å². The van der Waals surface area contributed by atoms with Crippen molar-refractivity contribution in [2.45, 2.75) is 31.8 Å². The van der Waals surface area contributed by atoms with Gasteiger partial charge in [0.15, 0.2) is 0 Å². The van der Waals surface area contributed by atoms with Crippen molar-refractivity contribution in [3.8, 4) is 0 Å². The molecule has 0 aliphatic heterocycles. The van der Waals surface area contributed by atoms with Crippen LogP contribution in [0.15, 0.2) is 0 Å². The Bertz CT molecular complexity index is 148. The highest BCUT2D eigenvalue weighted by molar-refractivity contribution is 4.89. The van der Waals surface area contributed by atoms with Gasteiger partial charge >= 0.3 is 0 Å². The minimum atomic E-state index is 0.471. The van der Waals surface area contributed by atoms with Gasteiger partial charge in [-0.1, -0.05) is 0 Å². The number of hydrogen-bond donors (Lipinski definition) is 1. The van der Waals surface area contributed by atoms with Crippen LogP contribution in [-0.2, 0) is 4.74 Å². The molecule has 2 N–H and O–H groups in total. The average Bonchev–Trinajstić information content (AvgIpc) is 2.90. The zero-order chi connectivity index (χ0) is 9.84. The molecular weight excluding hydrogens is 164 g/mol. The van der Waals surface area contributed by atoms with E-state index in [1.807, 2.05) is 0 Å². The van der Waals surface area contributed by atoms with E-state index in [1.54, 1.807) is 7.11 Å². The summed E-state index contributed by atoms with van der Waals surface area (Å²) in [6.07, 6.45) is 2.71. The van der Waals surface area contributed by atoms with Gasteiger partial charge in [0.05, 0.1) is 6.61 Å². The first kappa shape index (κ1) is 11.0. The summed E-state index contributed by atoms with van der Waals surface area (Å²) in [7, 11) is 3.90. The fourth-order valence-corrected chi connectivity index (χ4v) is 1.86. The van der Waals surface area contributed by atoms with Crippen LogP contribution < -0.4 is 5.73 Å². The van der Waals surface area contributed by atoms with Crippen LogP contribution in [-0.4, -0.2) is 44.3 Å². The van der Waals surface area contributed by atoms with Gasteiger partial charge in [0.25, 0.3) is 0 Å². The Kier molecular flexibility index (Phi) is 4.16. The van der Waals surface area contributed by atoms with E-state index in [9.17, 15) is 0 Å². The third-order valence-corrected chi connectivity index (χ3v) is 3.03. The van der Waals surface area contributed by atoms with Crippen LogP contribution in [0, 0.1) is 5.92 Å². The molecule has 2 unspecified atom stereocenters. The highest BCUT2D eigenvalue weighted by Gasteiger charge is 2.34. The van der Waals surface area contributed by atoms with Gasteiger partial charge in [0.2, 0.25) is 0 Å². The molecule has 0 aromatic heterocycles. The van der Waals surface area contributed by atoms with Crippen molar-refractivity contribution in [2.24, 2.45) is 11.7 Å². The molecular formula is C10H22N2O. The van der Waals surface area contributed by atoms with Crippen LogP contribution >= 0.6 is 0 Å². The molecule has 0 amide bonds. The molecule has 78 valence electrons. The van der Waals surface area contributed by atoms with Gasteiger partial charge in [-0.3, -0.25) is 4.90 Å². The Morgan fingerprint density at radius 3 is 2.54 bits per heavy atom. The summed E-state index contributed by atoms with van der Waals surface area (Å²) in [6, 6.07) is 1.03. The quantitative estimate of drug-likeness (QED) is 0.663. The largest absolute Gasteiger partial charge is 0.383 e. The molecule has 1 aliphatic rings. The van der Waals surface area contributed by atoms with Crippen molar-refractivity contribution in [3.05, 3.63) is 0 Å². The summed E-state index contributed by atoms with van der Waals surface area (Å²) in [4.78, 5) is 2.36. The monoisotopic (exact) mass is 186 g/mol. The van der Waals surface area contributed by atoms with E-state index in [0.717, 1.165) is 19.1 Å².